The van der Waals surface area contributed by atoms with E-state index in [4.69, 9.17) is 0 Å². The molecule has 0 aliphatic carbocycles. The molecule has 0 bridgehead atoms. The minimum atomic E-state index is -0.169. The van der Waals surface area contributed by atoms with E-state index in [2.05, 4.69) is 21.4 Å². The molecule has 3 rings (SSSR count). The predicted octanol–water partition coefficient (Wildman–Crippen LogP) is 2.60. The van der Waals surface area contributed by atoms with Crippen molar-refractivity contribution >= 4 is 0 Å². The molecular weight excluding hydrogens is 229 g/mol. The van der Waals surface area contributed by atoms with Crippen molar-refractivity contribution in [3.63, 3.8) is 0 Å². The zero-order valence-electron chi connectivity index (χ0n) is 10.4. The van der Waals surface area contributed by atoms with E-state index in [1.165, 1.54) is 6.07 Å². The molecule has 2 aromatic rings. The number of hydrogen-bond donors (Lipinski definition) is 0. The van der Waals surface area contributed by atoms with Crippen molar-refractivity contribution in [1.82, 2.24) is 14.5 Å². The number of benzene rings is 1. The third kappa shape index (κ3) is 2.04. The summed E-state index contributed by atoms with van der Waals surface area (Å²) in [6.45, 7) is 4.87. The van der Waals surface area contributed by atoms with Crippen molar-refractivity contribution in [2.75, 3.05) is 6.54 Å². The molecule has 0 fully saturated rings. The summed E-state index contributed by atoms with van der Waals surface area (Å²) < 4.78 is 15.4. The van der Waals surface area contributed by atoms with Gasteiger partial charge in [-0.25, -0.2) is 9.37 Å². The summed E-state index contributed by atoms with van der Waals surface area (Å²) in [5.74, 6) is 0.919. The summed E-state index contributed by atoms with van der Waals surface area (Å²) >= 11 is 0. The Bertz CT molecular complexity index is 549. The first kappa shape index (κ1) is 11.4. The Morgan fingerprint density at radius 2 is 2.22 bits per heavy atom. The van der Waals surface area contributed by atoms with Crippen LogP contribution in [0.2, 0.25) is 0 Å². The Labute approximate surface area is 106 Å². The lowest BCUT2D eigenvalue weighted by Gasteiger charge is -2.33. The molecule has 94 valence electrons. The fourth-order valence-electron chi connectivity index (χ4n) is 2.50. The summed E-state index contributed by atoms with van der Waals surface area (Å²) in [6, 6.07) is 7.07. The quantitative estimate of drug-likeness (QED) is 0.811. The van der Waals surface area contributed by atoms with Gasteiger partial charge >= 0.3 is 0 Å². The Morgan fingerprint density at radius 3 is 3.06 bits per heavy atom. The maximum atomic E-state index is 13.2. The molecule has 1 aliphatic rings. The largest absolute Gasteiger partial charge is 0.333 e. The SMILES string of the molecule is C[C@H](c1cccc(F)c1)N1CCn2ccnc2C1. The first-order valence-electron chi connectivity index (χ1n) is 6.23. The topological polar surface area (TPSA) is 21.1 Å². The molecule has 4 heteroatoms. The maximum absolute atomic E-state index is 13.2. The van der Waals surface area contributed by atoms with Gasteiger partial charge in [-0.05, 0) is 24.6 Å². The third-order valence-corrected chi connectivity index (χ3v) is 3.65. The molecule has 0 saturated heterocycles. The predicted molar refractivity (Wildman–Crippen MR) is 67.5 cm³/mol. The second-order valence-corrected chi connectivity index (χ2v) is 4.74. The van der Waals surface area contributed by atoms with Crippen LogP contribution in [0.5, 0.6) is 0 Å². The van der Waals surface area contributed by atoms with E-state index in [9.17, 15) is 4.39 Å². The molecule has 0 unspecified atom stereocenters. The fraction of sp³-hybridized carbons (Fsp3) is 0.357. The highest BCUT2D eigenvalue weighted by Gasteiger charge is 2.22. The number of hydrogen-bond acceptors (Lipinski definition) is 2. The van der Waals surface area contributed by atoms with Gasteiger partial charge in [0.1, 0.15) is 11.6 Å². The molecule has 0 radical (unpaired) electrons. The first-order valence-corrected chi connectivity index (χ1v) is 6.23. The second-order valence-electron chi connectivity index (χ2n) is 4.74. The summed E-state index contributed by atoms with van der Waals surface area (Å²) in [5, 5.41) is 0. The molecule has 1 atom stereocenters. The highest BCUT2D eigenvalue weighted by atomic mass is 19.1. The van der Waals surface area contributed by atoms with Gasteiger partial charge in [-0.15, -0.1) is 0 Å². The number of halogens is 1. The molecule has 1 aliphatic heterocycles. The van der Waals surface area contributed by atoms with Gasteiger partial charge in [-0.3, -0.25) is 4.90 Å². The minimum Gasteiger partial charge on any atom is -0.333 e. The van der Waals surface area contributed by atoms with Crippen molar-refractivity contribution in [1.29, 1.82) is 0 Å². The van der Waals surface area contributed by atoms with E-state index < -0.39 is 0 Å². The van der Waals surface area contributed by atoms with Gasteiger partial charge in [-0.1, -0.05) is 12.1 Å². The Kier molecular flexibility index (Phi) is 2.88. The fourth-order valence-corrected chi connectivity index (χ4v) is 2.50. The van der Waals surface area contributed by atoms with E-state index in [1.807, 2.05) is 18.5 Å². The molecule has 0 saturated carbocycles. The van der Waals surface area contributed by atoms with E-state index in [0.717, 1.165) is 31.0 Å². The monoisotopic (exact) mass is 245 g/mol. The van der Waals surface area contributed by atoms with Crippen molar-refractivity contribution in [3.05, 3.63) is 53.9 Å². The Morgan fingerprint density at radius 1 is 1.33 bits per heavy atom. The van der Waals surface area contributed by atoms with Crippen LogP contribution in [-0.4, -0.2) is 21.0 Å². The Balaban J connectivity index is 1.80. The van der Waals surface area contributed by atoms with Gasteiger partial charge in [-0.2, -0.15) is 0 Å². The van der Waals surface area contributed by atoms with E-state index >= 15 is 0 Å². The van der Waals surface area contributed by atoms with Crippen LogP contribution in [0.15, 0.2) is 36.7 Å². The average molecular weight is 245 g/mol. The molecular formula is C14H16FN3. The second kappa shape index (κ2) is 4.53. The number of imidazole rings is 1. The lowest BCUT2D eigenvalue weighted by Crippen LogP contribution is -2.35. The Hall–Kier alpha value is -1.68. The van der Waals surface area contributed by atoms with Crippen molar-refractivity contribution < 1.29 is 4.39 Å². The van der Waals surface area contributed by atoms with Crippen LogP contribution in [0.1, 0.15) is 24.4 Å². The molecule has 3 nitrogen and oxygen atoms in total. The summed E-state index contributed by atoms with van der Waals surface area (Å²) in [5.41, 5.74) is 1.02. The summed E-state index contributed by atoms with van der Waals surface area (Å²) in [6.07, 6.45) is 3.85. The lowest BCUT2D eigenvalue weighted by molar-refractivity contribution is 0.163. The minimum absolute atomic E-state index is 0.169. The number of rotatable bonds is 2. The normalized spacial score (nSPS) is 17.4. The van der Waals surface area contributed by atoms with Crippen LogP contribution in [0.25, 0.3) is 0 Å². The van der Waals surface area contributed by atoms with Gasteiger partial charge in [0, 0.05) is 31.5 Å². The standard InChI is InChI=1S/C14H16FN3/c1-11(12-3-2-4-13(15)9-12)18-8-7-17-6-5-16-14(17)10-18/h2-6,9,11H,7-8,10H2,1H3/t11-/m1/s1. The van der Waals surface area contributed by atoms with Crippen molar-refractivity contribution in [3.8, 4) is 0 Å². The van der Waals surface area contributed by atoms with Crippen LogP contribution >= 0.6 is 0 Å². The zero-order chi connectivity index (χ0) is 12.5. The molecule has 0 spiro atoms. The van der Waals surface area contributed by atoms with Gasteiger partial charge < -0.3 is 4.57 Å². The number of nitrogens with zero attached hydrogens (tertiary/aromatic N) is 3. The van der Waals surface area contributed by atoms with Gasteiger partial charge in [0.15, 0.2) is 0 Å². The summed E-state index contributed by atoms with van der Waals surface area (Å²) in [4.78, 5) is 6.68. The van der Waals surface area contributed by atoms with E-state index in [0.29, 0.717) is 0 Å². The number of fused-ring (bicyclic) bond motifs is 1. The van der Waals surface area contributed by atoms with Crippen molar-refractivity contribution in [2.24, 2.45) is 0 Å². The number of aromatic nitrogens is 2. The molecule has 18 heavy (non-hydrogen) atoms. The highest BCUT2D eigenvalue weighted by molar-refractivity contribution is 5.20. The molecule has 1 aromatic carbocycles. The van der Waals surface area contributed by atoms with Crippen molar-refractivity contribution in [2.45, 2.75) is 26.1 Å². The molecule has 1 aromatic heterocycles. The smallest absolute Gasteiger partial charge is 0.123 e. The highest BCUT2D eigenvalue weighted by Crippen LogP contribution is 2.24. The van der Waals surface area contributed by atoms with E-state index in [-0.39, 0.29) is 11.9 Å². The van der Waals surface area contributed by atoms with Crippen LogP contribution in [0.4, 0.5) is 4.39 Å². The zero-order valence-corrected chi connectivity index (χ0v) is 10.4. The van der Waals surface area contributed by atoms with Crippen LogP contribution in [0.3, 0.4) is 0 Å². The van der Waals surface area contributed by atoms with Crippen LogP contribution < -0.4 is 0 Å². The van der Waals surface area contributed by atoms with Crippen LogP contribution in [-0.2, 0) is 13.1 Å². The van der Waals surface area contributed by atoms with Crippen LogP contribution in [0, 0.1) is 5.82 Å². The maximum Gasteiger partial charge on any atom is 0.123 e. The third-order valence-electron chi connectivity index (χ3n) is 3.65. The first-order chi connectivity index (χ1) is 8.74. The van der Waals surface area contributed by atoms with Gasteiger partial charge in [0.25, 0.3) is 0 Å². The lowest BCUT2D eigenvalue weighted by atomic mass is 10.1. The van der Waals surface area contributed by atoms with Gasteiger partial charge in [0.2, 0.25) is 0 Å². The molecule has 0 amide bonds. The summed E-state index contributed by atoms with van der Waals surface area (Å²) in [7, 11) is 0. The molecule has 0 N–H and O–H groups in total. The average Bonchev–Trinajstić information content (AvgIpc) is 2.85. The van der Waals surface area contributed by atoms with E-state index in [1.54, 1.807) is 12.1 Å². The molecule has 2 heterocycles. The van der Waals surface area contributed by atoms with Gasteiger partial charge in [0.05, 0.1) is 6.54 Å².